The van der Waals surface area contributed by atoms with Crippen LogP contribution in [0.25, 0.3) is 0 Å². The van der Waals surface area contributed by atoms with Crippen molar-refractivity contribution in [2.45, 2.75) is 25.5 Å². The summed E-state index contributed by atoms with van der Waals surface area (Å²) in [4.78, 5) is 19.0. The van der Waals surface area contributed by atoms with Crippen LogP contribution >= 0.6 is 15.9 Å². The Kier molecular flexibility index (Phi) is 5.41. The van der Waals surface area contributed by atoms with E-state index in [-0.39, 0.29) is 12.0 Å². The Morgan fingerprint density at radius 1 is 1.30 bits per heavy atom. The predicted octanol–water partition coefficient (Wildman–Crippen LogP) is 3.67. The number of hydrogen-bond donors (Lipinski definition) is 0. The lowest BCUT2D eigenvalue weighted by Gasteiger charge is -2.26. The number of carbonyl (C=O) groups excluding carboxylic acids is 1. The second-order valence-corrected chi connectivity index (χ2v) is 6.52. The summed E-state index contributed by atoms with van der Waals surface area (Å²) < 4.78 is 6.53. The molecule has 0 aliphatic carbocycles. The van der Waals surface area contributed by atoms with Gasteiger partial charge in [0, 0.05) is 36.6 Å². The molecule has 23 heavy (non-hydrogen) atoms. The molecule has 1 aromatic heterocycles. The van der Waals surface area contributed by atoms with Gasteiger partial charge >= 0.3 is 0 Å². The van der Waals surface area contributed by atoms with Gasteiger partial charge in [-0.05, 0) is 52.5 Å². The van der Waals surface area contributed by atoms with E-state index in [2.05, 4.69) is 20.9 Å². The predicted molar refractivity (Wildman–Crippen MR) is 92.1 cm³/mol. The van der Waals surface area contributed by atoms with Gasteiger partial charge in [0.25, 0.3) is 5.91 Å². The van der Waals surface area contributed by atoms with Crippen LogP contribution in [0.3, 0.4) is 0 Å². The molecule has 4 nitrogen and oxygen atoms in total. The van der Waals surface area contributed by atoms with Gasteiger partial charge in [-0.3, -0.25) is 9.78 Å². The van der Waals surface area contributed by atoms with Crippen molar-refractivity contribution in [3.05, 3.63) is 64.4 Å². The van der Waals surface area contributed by atoms with Gasteiger partial charge in [-0.2, -0.15) is 0 Å². The van der Waals surface area contributed by atoms with E-state index in [9.17, 15) is 4.79 Å². The van der Waals surface area contributed by atoms with Gasteiger partial charge in [-0.1, -0.05) is 18.2 Å². The Morgan fingerprint density at radius 3 is 2.87 bits per heavy atom. The minimum Gasteiger partial charge on any atom is -0.376 e. The van der Waals surface area contributed by atoms with E-state index in [4.69, 9.17) is 4.74 Å². The van der Waals surface area contributed by atoms with Gasteiger partial charge in [-0.15, -0.1) is 0 Å². The van der Waals surface area contributed by atoms with Crippen molar-refractivity contribution in [3.8, 4) is 0 Å². The zero-order valence-corrected chi connectivity index (χ0v) is 14.4. The van der Waals surface area contributed by atoms with Crippen molar-refractivity contribution in [2.75, 3.05) is 13.2 Å². The first-order valence-electron chi connectivity index (χ1n) is 7.78. The van der Waals surface area contributed by atoms with Crippen LogP contribution in [0.2, 0.25) is 0 Å². The number of rotatable bonds is 5. The monoisotopic (exact) mass is 374 g/mol. The minimum atomic E-state index is 0.0110. The molecule has 1 fully saturated rings. The summed E-state index contributed by atoms with van der Waals surface area (Å²) in [5.41, 5.74) is 1.69. The molecule has 5 heteroatoms. The Labute approximate surface area is 144 Å². The quantitative estimate of drug-likeness (QED) is 0.801. The van der Waals surface area contributed by atoms with Crippen LogP contribution in [-0.4, -0.2) is 35.0 Å². The molecule has 1 unspecified atom stereocenters. The van der Waals surface area contributed by atoms with Crippen molar-refractivity contribution in [3.63, 3.8) is 0 Å². The third-order valence-corrected chi connectivity index (χ3v) is 4.63. The molecule has 2 aromatic rings. The summed E-state index contributed by atoms with van der Waals surface area (Å²) in [5.74, 6) is 0.0110. The number of benzene rings is 1. The van der Waals surface area contributed by atoms with Crippen molar-refractivity contribution in [2.24, 2.45) is 0 Å². The van der Waals surface area contributed by atoms with E-state index in [1.807, 2.05) is 41.3 Å². The topological polar surface area (TPSA) is 42.4 Å². The number of aromatic nitrogens is 1. The van der Waals surface area contributed by atoms with Crippen LogP contribution in [0.5, 0.6) is 0 Å². The molecule has 1 aliphatic heterocycles. The summed E-state index contributed by atoms with van der Waals surface area (Å²) in [7, 11) is 0. The molecule has 0 spiro atoms. The zero-order chi connectivity index (χ0) is 16.1. The summed E-state index contributed by atoms with van der Waals surface area (Å²) in [5, 5.41) is 0. The molecular formula is C18H19BrN2O2. The summed E-state index contributed by atoms with van der Waals surface area (Å²) in [6, 6.07) is 11.4. The number of ether oxygens (including phenoxy) is 1. The zero-order valence-electron chi connectivity index (χ0n) is 12.8. The summed E-state index contributed by atoms with van der Waals surface area (Å²) in [6.45, 7) is 1.93. The summed E-state index contributed by atoms with van der Waals surface area (Å²) in [6.07, 6.45) is 5.74. The molecule has 1 aromatic carbocycles. The number of halogens is 1. The van der Waals surface area contributed by atoms with Crippen LogP contribution in [0.4, 0.5) is 0 Å². The maximum absolute atomic E-state index is 13.0. The van der Waals surface area contributed by atoms with Gasteiger partial charge in [-0.25, -0.2) is 0 Å². The highest BCUT2D eigenvalue weighted by Crippen LogP contribution is 2.21. The standard InChI is InChI=1S/C18H19BrN2O2/c19-17-8-2-1-7-16(17)18(22)21(13-15-6-4-10-23-15)12-14-5-3-9-20-11-14/h1-3,5,7-9,11,15H,4,6,10,12-13H2. The Bertz CT molecular complexity index is 657. The van der Waals surface area contributed by atoms with Gasteiger partial charge in [0.2, 0.25) is 0 Å². The normalized spacial score (nSPS) is 17.2. The number of nitrogens with zero attached hydrogens (tertiary/aromatic N) is 2. The van der Waals surface area contributed by atoms with Crippen LogP contribution in [0.1, 0.15) is 28.8 Å². The average molecular weight is 375 g/mol. The molecule has 0 radical (unpaired) electrons. The lowest BCUT2D eigenvalue weighted by Crippen LogP contribution is -2.37. The van der Waals surface area contributed by atoms with Gasteiger partial charge < -0.3 is 9.64 Å². The fourth-order valence-electron chi connectivity index (χ4n) is 2.77. The van der Waals surface area contributed by atoms with Gasteiger partial charge in [0.1, 0.15) is 0 Å². The highest BCUT2D eigenvalue weighted by Gasteiger charge is 2.24. The van der Waals surface area contributed by atoms with E-state index in [1.54, 1.807) is 12.4 Å². The van der Waals surface area contributed by atoms with Crippen molar-refractivity contribution in [1.82, 2.24) is 9.88 Å². The van der Waals surface area contributed by atoms with Crippen LogP contribution in [0.15, 0.2) is 53.3 Å². The fraction of sp³-hybridized carbons (Fsp3) is 0.333. The van der Waals surface area contributed by atoms with E-state index in [0.29, 0.717) is 18.7 Å². The van der Waals surface area contributed by atoms with Crippen molar-refractivity contribution in [1.29, 1.82) is 0 Å². The van der Waals surface area contributed by atoms with Gasteiger partial charge in [0.05, 0.1) is 11.7 Å². The lowest BCUT2D eigenvalue weighted by molar-refractivity contribution is 0.0506. The third kappa shape index (κ3) is 4.18. The molecule has 1 amide bonds. The van der Waals surface area contributed by atoms with E-state index < -0.39 is 0 Å². The second-order valence-electron chi connectivity index (χ2n) is 5.66. The molecular weight excluding hydrogens is 356 g/mol. The first-order valence-corrected chi connectivity index (χ1v) is 8.57. The van der Waals surface area contributed by atoms with Crippen LogP contribution in [0, 0.1) is 0 Å². The highest BCUT2D eigenvalue weighted by atomic mass is 79.9. The van der Waals surface area contributed by atoms with Crippen molar-refractivity contribution >= 4 is 21.8 Å². The maximum atomic E-state index is 13.0. The fourth-order valence-corrected chi connectivity index (χ4v) is 3.22. The molecule has 1 saturated heterocycles. The second kappa shape index (κ2) is 7.70. The number of amides is 1. The average Bonchev–Trinajstić information content (AvgIpc) is 3.08. The Morgan fingerprint density at radius 2 is 2.17 bits per heavy atom. The molecule has 120 valence electrons. The van der Waals surface area contributed by atoms with Crippen molar-refractivity contribution < 1.29 is 9.53 Å². The minimum absolute atomic E-state index is 0.0110. The Hall–Kier alpha value is -1.72. The van der Waals surface area contributed by atoms with Crippen LogP contribution < -0.4 is 0 Å². The van der Waals surface area contributed by atoms with Crippen LogP contribution in [-0.2, 0) is 11.3 Å². The van der Waals surface area contributed by atoms with E-state index in [0.717, 1.165) is 29.5 Å². The third-order valence-electron chi connectivity index (χ3n) is 3.94. The largest absolute Gasteiger partial charge is 0.376 e. The highest BCUT2D eigenvalue weighted by molar-refractivity contribution is 9.10. The number of hydrogen-bond acceptors (Lipinski definition) is 3. The molecule has 1 atom stereocenters. The number of carbonyl (C=O) groups is 1. The summed E-state index contributed by atoms with van der Waals surface area (Å²) >= 11 is 3.47. The molecule has 3 rings (SSSR count). The van der Waals surface area contributed by atoms with E-state index in [1.165, 1.54) is 0 Å². The lowest BCUT2D eigenvalue weighted by atomic mass is 10.1. The Balaban J connectivity index is 1.81. The SMILES string of the molecule is O=C(c1ccccc1Br)N(Cc1cccnc1)CC1CCCO1. The molecule has 0 N–H and O–H groups in total. The first kappa shape index (κ1) is 16.1. The first-order chi connectivity index (χ1) is 11.2. The van der Waals surface area contributed by atoms with Gasteiger partial charge in [0.15, 0.2) is 0 Å². The molecule has 1 aliphatic rings. The smallest absolute Gasteiger partial charge is 0.255 e. The number of pyridine rings is 1. The molecule has 2 heterocycles. The maximum Gasteiger partial charge on any atom is 0.255 e. The molecule has 0 bridgehead atoms. The molecule has 0 saturated carbocycles. The van der Waals surface area contributed by atoms with E-state index >= 15 is 0 Å².